The molecular formula is C9H14N6. The van der Waals surface area contributed by atoms with Crippen LogP contribution in [0.3, 0.4) is 0 Å². The molecule has 80 valence electrons. The first kappa shape index (κ1) is 9.85. The van der Waals surface area contributed by atoms with E-state index in [1.54, 1.807) is 12.5 Å². The fourth-order valence-electron chi connectivity index (χ4n) is 1.48. The lowest BCUT2D eigenvalue weighted by atomic mass is 10.4. The number of hydrogen-bond donors (Lipinski definition) is 1. The second-order valence-electron chi connectivity index (χ2n) is 3.18. The Morgan fingerprint density at radius 2 is 2.20 bits per heavy atom. The highest BCUT2D eigenvalue weighted by molar-refractivity contribution is 5.01. The van der Waals surface area contributed by atoms with Gasteiger partial charge in [0, 0.05) is 19.3 Å². The molecule has 6 heteroatoms. The van der Waals surface area contributed by atoms with Crippen LogP contribution in [0.15, 0.2) is 18.6 Å². The molecule has 0 saturated heterocycles. The Bertz CT molecular complexity index is 389. The number of aryl methyl sites for hydroxylation is 1. The Morgan fingerprint density at radius 3 is 2.93 bits per heavy atom. The van der Waals surface area contributed by atoms with Crippen LogP contribution in [0.1, 0.15) is 18.4 Å². The van der Waals surface area contributed by atoms with Crippen molar-refractivity contribution in [3.05, 3.63) is 30.1 Å². The minimum Gasteiger partial charge on any atom is -0.325 e. The predicted molar refractivity (Wildman–Crippen MR) is 54.9 cm³/mol. The summed E-state index contributed by atoms with van der Waals surface area (Å²) in [4.78, 5) is 4.19. The van der Waals surface area contributed by atoms with Gasteiger partial charge in [-0.15, -0.1) is 0 Å². The molecule has 2 rings (SSSR count). The molecule has 2 N–H and O–H groups in total. The molecule has 2 heterocycles. The van der Waals surface area contributed by atoms with Crippen molar-refractivity contribution >= 4 is 0 Å². The van der Waals surface area contributed by atoms with E-state index in [1.807, 2.05) is 22.4 Å². The van der Waals surface area contributed by atoms with Gasteiger partial charge in [0.1, 0.15) is 18.7 Å². The number of nitrogens with two attached hydrogens (primary N) is 1. The molecule has 2 aromatic heterocycles. The van der Waals surface area contributed by atoms with Crippen LogP contribution in [0.5, 0.6) is 0 Å². The van der Waals surface area contributed by atoms with Gasteiger partial charge < -0.3 is 5.73 Å². The van der Waals surface area contributed by atoms with Crippen molar-refractivity contribution in [1.82, 2.24) is 24.5 Å². The number of hydrogen-bond acceptors (Lipinski definition) is 4. The smallest absolute Gasteiger partial charge is 0.148 e. The zero-order chi connectivity index (χ0) is 10.7. The molecule has 0 aliphatic carbocycles. The standard InChI is InChI=1S/C9H14N6/c1-2-14-9(11-7-13-14)6-15-8(5-10)3-4-12-15/h3-4,7H,2,5-6,10H2,1H3. The summed E-state index contributed by atoms with van der Waals surface area (Å²) in [5, 5.41) is 8.30. The monoisotopic (exact) mass is 206 g/mol. The van der Waals surface area contributed by atoms with Gasteiger partial charge in [-0.1, -0.05) is 0 Å². The van der Waals surface area contributed by atoms with Crippen LogP contribution in [0.25, 0.3) is 0 Å². The van der Waals surface area contributed by atoms with E-state index in [0.29, 0.717) is 13.1 Å². The van der Waals surface area contributed by atoms with Crippen LogP contribution in [0.2, 0.25) is 0 Å². The van der Waals surface area contributed by atoms with Gasteiger partial charge in [0.05, 0.1) is 5.69 Å². The van der Waals surface area contributed by atoms with Gasteiger partial charge in [0.2, 0.25) is 0 Å². The maximum Gasteiger partial charge on any atom is 0.148 e. The van der Waals surface area contributed by atoms with Crippen LogP contribution in [0.4, 0.5) is 0 Å². The molecule has 6 nitrogen and oxygen atoms in total. The summed E-state index contributed by atoms with van der Waals surface area (Å²) in [6.45, 7) is 3.95. The first-order valence-electron chi connectivity index (χ1n) is 4.92. The van der Waals surface area contributed by atoms with Crippen LogP contribution >= 0.6 is 0 Å². The third-order valence-electron chi connectivity index (χ3n) is 2.30. The maximum atomic E-state index is 5.59. The number of rotatable bonds is 4. The number of nitrogens with zero attached hydrogens (tertiary/aromatic N) is 5. The summed E-state index contributed by atoms with van der Waals surface area (Å²) >= 11 is 0. The average molecular weight is 206 g/mol. The molecule has 0 aliphatic rings. The fraction of sp³-hybridized carbons (Fsp3) is 0.444. The summed E-state index contributed by atoms with van der Waals surface area (Å²) < 4.78 is 3.69. The quantitative estimate of drug-likeness (QED) is 0.764. The van der Waals surface area contributed by atoms with Crippen LogP contribution < -0.4 is 5.73 Å². The Morgan fingerprint density at radius 1 is 1.33 bits per heavy atom. The number of aromatic nitrogens is 5. The van der Waals surface area contributed by atoms with E-state index in [9.17, 15) is 0 Å². The second-order valence-corrected chi connectivity index (χ2v) is 3.18. The third-order valence-corrected chi connectivity index (χ3v) is 2.30. The molecule has 0 amide bonds. The van der Waals surface area contributed by atoms with E-state index in [-0.39, 0.29) is 0 Å². The highest BCUT2D eigenvalue weighted by Crippen LogP contribution is 2.02. The molecule has 0 spiro atoms. The molecule has 2 aromatic rings. The highest BCUT2D eigenvalue weighted by atomic mass is 15.4. The van der Waals surface area contributed by atoms with Gasteiger partial charge in [0.25, 0.3) is 0 Å². The maximum absolute atomic E-state index is 5.59. The minimum atomic E-state index is 0.486. The second kappa shape index (κ2) is 4.22. The fourth-order valence-corrected chi connectivity index (χ4v) is 1.48. The van der Waals surface area contributed by atoms with E-state index in [0.717, 1.165) is 18.1 Å². The van der Waals surface area contributed by atoms with Crippen molar-refractivity contribution in [3.8, 4) is 0 Å². The minimum absolute atomic E-state index is 0.486. The Balaban J connectivity index is 2.21. The molecule has 0 atom stereocenters. The Hall–Kier alpha value is -1.69. The molecule has 0 bridgehead atoms. The summed E-state index contributed by atoms with van der Waals surface area (Å²) in [5.74, 6) is 0.899. The van der Waals surface area contributed by atoms with Crippen molar-refractivity contribution in [3.63, 3.8) is 0 Å². The van der Waals surface area contributed by atoms with E-state index >= 15 is 0 Å². The van der Waals surface area contributed by atoms with E-state index in [1.165, 1.54) is 0 Å². The van der Waals surface area contributed by atoms with E-state index in [4.69, 9.17) is 5.73 Å². The Kier molecular flexibility index (Phi) is 2.77. The van der Waals surface area contributed by atoms with Gasteiger partial charge in [0.15, 0.2) is 0 Å². The Labute approximate surface area is 87.7 Å². The molecule has 15 heavy (non-hydrogen) atoms. The zero-order valence-corrected chi connectivity index (χ0v) is 8.67. The van der Waals surface area contributed by atoms with Gasteiger partial charge in [-0.2, -0.15) is 10.2 Å². The lowest BCUT2D eigenvalue weighted by Gasteiger charge is -2.06. The van der Waals surface area contributed by atoms with Crippen LogP contribution in [-0.2, 0) is 19.6 Å². The molecule has 0 aromatic carbocycles. The first-order valence-corrected chi connectivity index (χ1v) is 4.92. The largest absolute Gasteiger partial charge is 0.325 e. The molecular weight excluding hydrogens is 192 g/mol. The van der Waals surface area contributed by atoms with Crippen molar-refractivity contribution in [2.75, 3.05) is 0 Å². The van der Waals surface area contributed by atoms with Crippen molar-refractivity contribution in [2.45, 2.75) is 26.6 Å². The van der Waals surface area contributed by atoms with Crippen LogP contribution in [-0.4, -0.2) is 24.5 Å². The molecule has 0 unspecified atom stereocenters. The first-order chi connectivity index (χ1) is 7.35. The van der Waals surface area contributed by atoms with Crippen LogP contribution in [0, 0.1) is 0 Å². The average Bonchev–Trinajstić information content (AvgIpc) is 2.87. The lowest BCUT2D eigenvalue weighted by molar-refractivity contribution is 0.555. The predicted octanol–water partition coefficient (Wildman–Crippen LogP) is 0.00150. The SMILES string of the molecule is CCn1ncnc1Cn1nccc1CN. The molecule has 0 radical (unpaired) electrons. The summed E-state index contributed by atoms with van der Waals surface area (Å²) in [6.07, 6.45) is 3.30. The summed E-state index contributed by atoms with van der Waals surface area (Å²) in [5.41, 5.74) is 6.59. The van der Waals surface area contributed by atoms with Crippen molar-refractivity contribution in [2.24, 2.45) is 5.73 Å². The van der Waals surface area contributed by atoms with Crippen molar-refractivity contribution < 1.29 is 0 Å². The van der Waals surface area contributed by atoms with Gasteiger partial charge >= 0.3 is 0 Å². The van der Waals surface area contributed by atoms with Crippen molar-refractivity contribution in [1.29, 1.82) is 0 Å². The molecule has 0 fully saturated rings. The summed E-state index contributed by atoms with van der Waals surface area (Å²) in [6, 6.07) is 1.91. The molecule has 0 saturated carbocycles. The summed E-state index contributed by atoms with van der Waals surface area (Å²) in [7, 11) is 0. The molecule has 0 aliphatic heterocycles. The third kappa shape index (κ3) is 1.89. The highest BCUT2D eigenvalue weighted by Gasteiger charge is 2.06. The topological polar surface area (TPSA) is 74.5 Å². The van der Waals surface area contributed by atoms with Gasteiger partial charge in [-0.3, -0.25) is 4.68 Å². The lowest BCUT2D eigenvalue weighted by Crippen LogP contribution is -2.14. The normalized spacial score (nSPS) is 10.8. The van der Waals surface area contributed by atoms with E-state index in [2.05, 4.69) is 15.2 Å². The van der Waals surface area contributed by atoms with Gasteiger partial charge in [-0.25, -0.2) is 9.67 Å². The van der Waals surface area contributed by atoms with E-state index < -0.39 is 0 Å². The van der Waals surface area contributed by atoms with Gasteiger partial charge in [-0.05, 0) is 13.0 Å². The zero-order valence-electron chi connectivity index (χ0n) is 8.67.